The lowest BCUT2D eigenvalue weighted by molar-refractivity contribution is -0.00923. The standard InChI is InChI=1S/C26H29F2N3O/c1-25(27,28)22-11-12-23-26(29-15-18-31(22)23)13-16-30(17-14-26)24(32)21-10-6-5-9-20(21)19-7-3-2-4-8-19/h2-11,23,29H,12-18H2,1H3. The first kappa shape index (κ1) is 21.1. The van der Waals surface area contributed by atoms with Crippen molar-refractivity contribution in [3.63, 3.8) is 0 Å². The Balaban J connectivity index is 1.33. The quantitative estimate of drug-likeness (QED) is 0.766. The van der Waals surface area contributed by atoms with Gasteiger partial charge in [0.25, 0.3) is 11.8 Å². The molecule has 5 rings (SSSR count). The topological polar surface area (TPSA) is 35.6 Å². The van der Waals surface area contributed by atoms with Gasteiger partial charge in [-0.05, 0) is 36.5 Å². The molecule has 168 valence electrons. The number of hydrogen-bond acceptors (Lipinski definition) is 3. The van der Waals surface area contributed by atoms with E-state index in [2.05, 4.69) is 5.32 Å². The number of hydrogen-bond donors (Lipinski definition) is 1. The molecule has 0 bridgehead atoms. The number of likely N-dealkylation sites (tertiary alicyclic amines) is 1. The molecule has 3 heterocycles. The number of nitrogens with one attached hydrogen (secondary N) is 1. The summed E-state index contributed by atoms with van der Waals surface area (Å²) in [5.74, 6) is -2.78. The molecule has 0 aliphatic carbocycles. The highest BCUT2D eigenvalue weighted by atomic mass is 19.3. The minimum absolute atomic E-state index is 0.0333. The summed E-state index contributed by atoms with van der Waals surface area (Å²) >= 11 is 0. The molecule has 1 amide bonds. The summed E-state index contributed by atoms with van der Waals surface area (Å²) in [5.41, 5.74) is 2.62. The average molecular weight is 438 g/mol. The number of amides is 1. The number of benzene rings is 2. The van der Waals surface area contributed by atoms with Crippen molar-refractivity contribution in [1.29, 1.82) is 0 Å². The van der Waals surface area contributed by atoms with Crippen molar-refractivity contribution in [2.75, 3.05) is 26.2 Å². The molecule has 1 spiro atoms. The molecule has 32 heavy (non-hydrogen) atoms. The molecule has 0 saturated carbocycles. The third-order valence-electron chi connectivity index (χ3n) is 7.32. The zero-order valence-electron chi connectivity index (χ0n) is 18.4. The van der Waals surface area contributed by atoms with E-state index in [-0.39, 0.29) is 23.2 Å². The Kier molecular flexibility index (Phi) is 5.28. The molecule has 2 aromatic rings. The SMILES string of the molecule is CC(F)(F)C1=CCC2N1CCNC21CCN(C(=O)c2ccccc2-c2ccccc2)CC1. The molecule has 3 aliphatic heterocycles. The molecule has 0 aromatic heterocycles. The van der Waals surface area contributed by atoms with E-state index >= 15 is 0 Å². The molecule has 3 aliphatic rings. The zero-order valence-corrected chi connectivity index (χ0v) is 18.4. The maximum atomic E-state index is 14.1. The molecule has 6 heteroatoms. The number of piperidine rings is 1. The molecule has 4 nitrogen and oxygen atoms in total. The summed E-state index contributed by atoms with van der Waals surface area (Å²) in [5, 5.41) is 3.66. The van der Waals surface area contributed by atoms with Crippen LogP contribution in [0.2, 0.25) is 0 Å². The third kappa shape index (κ3) is 3.60. The zero-order chi connectivity index (χ0) is 22.3. The number of piperazine rings is 1. The maximum Gasteiger partial charge on any atom is 0.284 e. The second-order valence-corrected chi connectivity index (χ2v) is 9.21. The van der Waals surface area contributed by atoms with Crippen molar-refractivity contribution in [2.45, 2.75) is 43.7 Å². The summed E-state index contributed by atoms with van der Waals surface area (Å²) in [6.07, 6.45) is 3.89. The van der Waals surface area contributed by atoms with Crippen LogP contribution in [0.3, 0.4) is 0 Å². The number of allylic oxidation sites excluding steroid dienone is 1. The molecule has 2 aromatic carbocycles. The van der Waals surface area contributed by atoms with Gasteiger partial charge in [-0.15, -0.1) is 0 Å². The Morgan fingerprint density at radius 3 is 2.44 bits per heavy atom. The first-order chi connectivity index (χ1) is 15.4. The Hall–Kier alpha value is -2.73. The summed E-state index contributed by atoms with van der Waals surface area (Å²) < 4.78 is 28.2. The highest BCUT2D eigenvalue weighted by Gasteiger charge is 2.51. The molecule has 0 radical (unpaired) electrons. The van der Waals surface area contributed by atoms with E-state index in [1.807, 2.05) is 64.4 Å². The first-order valence-electron chi connectivity index (χ1n) is 11.4. The summed E-state index contributed by atoms with van der Waals surface area (Å²) in [6.45, 7) is 3.53. The van der Waals surface area contributed by atoms with Crippen LogP contribution in [0.5, 0.6) is 0 Å². The number of carbonyl (C=O) groups is 1. The van der Waals surface area contributed by atoms with Crippen molar-refractivity contribution in [3.05, 3.63) is 71.9 Å². The minimum Gasteiger partial charge on any atom is -0.364 e. The monoisotopic (exact) mass is 437 g/mol. The molecule has 2 fully saturated rings. The van der Waals surface area contributed by atoms with Crippen LogP contribution in [0.1, 0.15) is 36.5 Å². The van der Waals surface area contributed by atoms with E-state index in [1.165, 1.54) is 0 Å². The second-order valence-electron chi connectivity index (χ2n) is 9.21. The fourth-order valence-electron chi connectivity index (χ4n) is 5.74. The van der Waals surface area contributed by atoms with Gasteiger partial charge in [0, 0.05) is 44.2 Å². The van der Waals surface area contributed by atoms with Gasteiger partial charge in [-0.1, -0.05) is 54.6 Å². The summed E-state index contributed by atoms with van der Waals surface area (Å²) in [7, 11) is 0. The van der Waals surface area contributed by atoms with Crippen LogP contribution < -0.4 is 5.32 Å². The summed E-state index contributed by atoms with van der Waals surface area (Å²) in [6, 6.07) is 17.7. The van der Waals surface area contributed by atoms with E-state index in [4.69, 9.17) is 0 Å². The third-order valence-corrected chi connectivity index (χ3v) is 7.32. The van der Waals surface area contributed by atoms with Gasteiger partial charge in [0.15, 0.2) is 0 Å². The summed E-state index contributed by atoms with van der Waals surface area (Å²) in [4.78, 5) is 17.3. The lowest BCUT2D eigenvalue weighted by Gasteiger charge is -2.53. The number of nitrogens with zero attached hydrogens (tertiary/aromatic N) is 2. The normalized spacial score (nSPS) is 22.6. The van der Waals surface area contributed by atoms with E-state index < -0.39 is 5.92 Å². The maximum absolute atomic E-state index is 14.1. The van der Waals surface area contributed by atoms with Crippen molar-refractivity contribution < 1.29 is 13.6 Å². The predicted octanol–water partition coefficient (Wildman–Crippen LogP) is 4.55. The number of carbonyl (C=O) groups excluding carboxylic acids is 1. The highest BCUT2D eigenvalue weighted by molar-refractivity contribution is 6.01. The number of alkyl halides is 2. The van der Waals surface area contributed by atoms with E-state index in [1.54, 1.807) is 6.08 Å². The molecule has 2 saturated heterocycles. The van der Waals surface area contributed by atoms with Crippen molar-refractivity contribution in [1.82, 2.24) is 15.1 Å². The first-order valence-corrected chi connectivity index (χ1v) is 11.4. The van der Waals surface area contributed by atoms with Gasteiger partial charge in [0.1, 0.15) is 0 Å². The van der Waals surface area contributed by atoms with Gasteiger partial charge < -0.3 is 15.1 Å². The van der Waals surface area contributed by atoms with Gasteiger partial charge in [0.2, 0.25) is 0 Å². The molecular formula is C26H29F2N3O. The fraction of sp³-hybridized carbons (Fsp3) is 0.423. The van der Waals surface area contributed by atoms with Gasteiger partial charge in [-0.3, -0.25) is 4.79 Å². The van der Waals surface area contributed by atoms with Crippen molar-refractivity contribution in [2.24, 2.45) is 0 Å². The van der Waals surface area contributed by atoms with Gasteiger partial charge in [0.05, 0.1) is 11.7 Å². The van der Waals surface area contributed by atoms with E-state index in [9.17, 15) is 13.6 Å². The second kappa shape index (κ2) is 8.00. The van der Waals surface area contributed by atoms with Crippen molar-refractivity contribution >= 4 is 5.91 Å². The lowest BCUT2D eigenvalue weighted by atomic mass is 9.77. The van der Waals surface area contributed by atoms with Gasteiger partial charge >= 0.3 is 0 Å². The largest absolute Gasteiger partial charge is 0.364 e. The van der Waals surface area contributed by atoms with Crippen LogP contribution >= 0.6 is 0 Å². The number of rotatable bonds is 3. The van der Waals surface area contributed by atoms with Crippen LogP contribution in [0.25, 0.3) is 11.1 Å². The smallest absolute Gasteiger partial charge is 0.284 e. The Bertz CT molecular complexity index is 1020. The highest BCUT2D eigenvalue weighted by Crippen LogP contribution is 2.42. The minimum atomic E-state index is -2.81. The molecule has 1 unspecified atom stereocenters. The van der Waals surface area contributed by atoms with Gasteiger partial charge in [-0.2, -0.15) is 0 Å². The number of halogens is 2. The molecule has 1 atom stereocenters. The van der Waals surface area contributed by atoms with Crippen LogP contribution in [-0.2, 0) is 0 Å². The molecular weight excluding hydrogens is 408 g/mol. The Morgan fingerprint density at radius 1 is 1.03 bits per heavy atom. The lowest BCUT2D eigenvalue weighted by Crippen LogP contribution is -2.68. The fourth-order valence-corrected chi connectivity index (χ4v) is 5.74. The Labute approximate surface area is 187 Å². The van der Waals surface area contributed by atoms with E-state index in [0.717, 1.165) is 30.9 Å². The van der Waals surface area contributed by atoms with Gasteiger partial charge in [-0.25, -0.2) is 8.78 Å². The van der Waals surface area contributed by atoms with Crippen LogP contribution in [0, 0.1) is 0 Å². The van der Waals surface area contributed by atoms with Crippen LogP contribution in [0.4, 0.5) is 8.78 Å². The average Bonchev–Trinajstić information content (AvgIpc) is 3.26. The number of fused-ring (bicyclic) bond motifs is 2. The molecule has 1 N–H and O–H groups in total. The predicted molar refractivity (Wildman–Crippen MR) is 122 cm³/mol. The van der Waals surface area contributed by atoms with Crippen LogP contribution in [-0.4, -0.2) is 59.4 Å². The van der Waals surface area contributed by atoms with E-state index in [0.29, 0.717) is 38.2 Å². The van der Waals surface area contributed by atoms with Crippen molar-refractivity contribution in [3.8, 4) is 11.1 Å². The van der Waals surface area contributed by atoms with Crippen LogP contribution in [0.15, 0.2) is 66.4 Å². The Morgan fingerprint density at radius 2 is 1.72 bits per heavy atom.